The molecule has 1 aromatic rings. The molecule has 106 valence electrons. The molecule has 1 aromatic carbocycles. The summed E-state index contributed by atoms with van der Waals surface area (Å²) in [6.07, 6.45) is -4.77. The first-order chi connectivity index (χ1) is 8.68. The van der Waals surface area contributed by atoms with Crippen LogP contribution < -0.4 is 4.74 Å². The normalized spacial score (nSPS) is 11.8. The van der Waals surface area contributed by atoms with Crippen LogP contribution in [0.3, 0.4) is 0 Å². The van der Waals surface area contributed by atoms with Crippen LogP contribution in [0, 0.1) is 0 Å². The highest BCUT2D eigenvalue weighted by molar-refractivity contribution is 5.98. The van der Waals surface area contributed by atoms with Crippen LogP contribution in [0.4, 0.5) is 22.0 Å². The molecule has 7 heteroatoms. The van der Waals surface area contributed by atoms with Gasteiger partial charge >= 0.3 is 12.8 Å². The summed E-state index contributed by atoms with van der Waals surface area (Å²) >= 11 is 0. The number of halogens is 5. The molecule has 0 heterocycles. The number of ketones is 1. The lowest BCUT2D eigenvalue weighted by atomic mass is 9.95. The molecule has 0 N–H and O–H groups in total. The average Bonchev–Trinajstić information content (AvgIpc) is 2.25. The van der Waals surface area contributed by atoms with Crippen LogP contribution in [0.1, 0.15) is 35.3 Å². The Labute approximate surface area is 106 Å². The van der Waals surface area contributed by atoms with E-state index < -0.39 is 35.4 Å². The highest BCUT2D eigenvalue weighted by Crippen LogP contribution is 2.41. The minimum atomic E-state index is -4.95. The van der Waals surface area contributed by atoms with Gasteiger partial charge in [-0.2, -0.15) is 22.0 Å². The average molecular weight is 282 g/mol. The third kappa shape index (κ3) is 3.42. The Morgan fingerprint density at radius 3 is 2.26 bits per heavy atom. The third-order valence-corrected chi connectivity index (χ3v) is 2.49. The van der Waals surface area contributed by atoms with Gasteiger partial charge in [0.05, 0.1) is 0 Å². The van der Waals surface area contributed by atoms with E-state index in [0.29, 0.717) is 0 Å². The molecule has 0 bridgehead atoms. The lowest BCUT2D eigenvalue weighted by molar-refractivity contribution is -0.142. The van der Waals surface area contributed by atoms with Crippen molar-refractivity contribution >= 4 is 5.78 Å². The van der Waals surface area contributed by atoms with Crippen molar-refractivity contribution in [1.29, 1.82) is 0 Å². The Balaban J connectivity index is 3.59. The Morgan fingerprint density at radius 2 is 1.89 bits per heavy atom. The van der Waals surface area contributed by atoms with Gasteiger partial charge in [0.1, 0.15) is 11.3 Å². The number of hydrogen-bond acceptors (Lipinski definition) is 2. The molecule has 0 radical (unpaired) electrons. The quantitative estimate of drug-likeness (QED) is 0.614. The molecule has 1 rings (SSSR count). The van der Waals surface area contributed by atoms with E-state index in [1.54, 1.807) is 6.92 Å². The molecule has 0 aliphatic carbocycles. The SMILES string of the molecule is CCc1ccc(OC(F)F)c(C(F)(F)F)c1C(C)=O. The molecule has 0 fully saturated rings. The maximum absolute atomic E-state index is 13.0. The van der Waals surface area contributed by atoms with E-state index in [4.69, 9.17) is 0 Å². The number of Topliss-reactive ketones (excluding diaryl/α,β-unsaturated/α-hetero) is 1. The number of carbonyl (C=O) groups is 1. The molecule has 0 spiro atoms. The largest absolute Gasteiger partial charge is 0.434 e. The van der Waals surface area contributed by atoms with Gasteiger partial charge in [-0.15, -0.1) is 0 Å². The van der Waals surface area contributed by atoms with E-state index in [0.717, 1.165) is 13.0 Å². The maximum Gasteiger partial charge on any atom is 0.420 e. The molecule has 0 aromatic heterocycles. The van der Waals surface area contributed by atoms with Gasteiger partial charge in [0.15, 0.2) is 5.78 Å². The molecule has 2 nitrogen and oxygen atoms in total. The Kier molecular flexibility index (Phi) is 4.49. The summed E-state index contributed by atoms with van der Waals surface area (Å²) in [6, 6.07) is 1.99. The minimum Gasteiger partial charge on any atom is -0.434 e. The highest BCUT2D eigenvalue weighted by Gasteiger charge is 2.39. The predicted molar refractivity (Wildman–Crippen MR) is 57.5 cm³/mol. The Morgan fingerprint density at radius 1 is 1.32 bits per heavy atom. The summed E-state index contributed by atoms with van der Waals surface area (Å²) in [6.45, 7) is -0.876. The summed E-state index contributed by atoms with van der Waals surface area (Å²) in [7, 11) is 0. The van der Waals surface area contributed by atoms with Crippen molar-refractivity contribution in [2.75, 3.05) is 0 Å². The van der Waals surface area contributed by atoms with E-state index in [-0.39, 0.29) is 12.0 Å². The van der Waals surface area contributed by atoms with Crippen LogP contribution in [0.15, 0.2) is 12.1 Å². The van der Waals surface area contributed by atoms with Crippen molar-refractivity contribution in [2.24, 2.45) is 0 Å². The summed E-state index contributed by atoms with van der Waals surface area (Å²) in [5.74, 6) is -1.88. The van der Waals surface area contributed by atoms with Gasteiger partial charge in [-0.1, -0.05) is 13.0 Å². The molecule has 0 saturated heterocycles. The van der Waals surface area contributed by atoms with Gasteiger partial charge in [0, 0.05) is 5.56 Å². The smallest absolute Gasteiger partial charge is 0.420 e. The monoisotopic (exact) mass is 282 g/mol. The third-order valence-electron chi connectivity index (χ3n) is 2.49. The summed E-state index contributed by atoms with van der Waals surface area (Å²) < 4.78 is 67.0. The van der Waals surface area contributed by atoms with Gasteiger partial charge in [-0.25, -0.2) is 0 Å². The fourth-order valence-corrected chi connectivity index (χ4v) is 1.80. The molecule has 0 atom stereocenters. The van der Waals surface area contributed by atoms with Gasteiger partial charge in [-0.05, 0) is 25.0 Å². The maximum atomic E-state index is 13.0. The standard InChI is InChI=1S/C12H11F5O2/c1-3-7-4-5-8(19-11(13)14)10(12(15,16)17)9(7)6(2)18/h4-5,11H,3H2,1-2H3. The number of rotatable bonds is 4. The fraction of sp³-hybridized carbons (Fsp3) is 0.417. The van der Waals surface area contributed by atoms with Crippen LogP contribution in [0.2, 0.25) is 0 Å². The zero-order valence-corrected chi connectivity index (χ0v) is 10.1. The zero-order valence-electron chi connectivity index (χ0n) is 10.1. The first-order valence-corrected chi connectivity index (χ1v) is 5.37. The summed E-state index contributed by atoms with van der Waals surface area (Å²) in [4.78, 5) is 11.4. The molecule has 0 saturated carbocycles. The second-order valence-electron chi connectivity index (χ2n) is 3.76. The first-order valence-electron chi connectivity index (χ1n) is 5.37. The highest BCUT2D eigenvalue weighted by atomic mass is 19.4. The molecular formula is C12H11F5O2. The van der Waals surface area contributed by atoms with E-state index in [9.17, 15) is 26.7 Å². The van der Waals surface area contributed by atoms with Gasteiger partial charge < -0.3 is 4.74 Å². The van der Waals surface area contributed by atoms with Crippen LogP contribution in [-0.4, -0.2) is 12.4 Å². The number of aryl methyl sites for hydroxylation is 1. The lowest BCUT2D eigenvalue weighted by Gasteiger charge is -2.18. The second-order valence-corrected chi connectivity index (χ2v) is 3.76. The number of carbonyl (C=O) groups excluding carboxylic acids is 1. The summed E-state index contributed by atoms with van der Waals surface area (Å²) in [5, 5.41) is 0. The number of hydrogen-bond donors (Lipinski definition) is 0. The van der Waals surface area contributed by atoms with E-state index in [1.165, 1.54) is 6.07 Å². The molecule has 0 unspecified atom stereocenters. The van der Waals surface area contributed by atoms with Gasteiger partial charge in [0.2, 0.25) is 0 Å². The molecule has 0 aliphatic rings. The van der Waals surface area contributed by atoms with Gasteiger partial charge in [0.25, 0.3) is 0 Å². The molecule has 0 aliphatic heterocycles. The Bertz CT molecular complexity index is 480. The predicted octanol–water partition coefficient (Wildman–Crippen LogP) is 4.07. The molecule has 0 amide bonds. The molecule has 19 heavy (non-hydrogen) atoms. The van der Waals surface area contributed by atoms with Crippen LogP contribution >= 0.6 is 0 Å². The van der Waals surface area contributed by atoms with E-state index >= 15 is 0 Å². The number of benzene rings is 1. The van der Waals surface area contributed by atoms with Crippen molar-refractivity contribution in [3.05, 3.63) is 28.8 Å². The minimum absolute atomic E-state index is 0.140. The first kappa shape index (κ1) is 15.4. The fourth-order valence-electron chi connectivity index (χ4n) is 1.80. The number of alkyl halides is 5. The zero-order chi connectivity index (χ0) is 14.8. The Hall–Kier alpha value is -1.66. The van der Waals surface area contributed by atoms with Crippen LogP contribution in [0.5, 0.6) is 5.75 Å². The van der Waals surface area contributed by atoms with E-state index in [2.05, 4.69) is 4.74 Å². The van der Waals surface area contributed by atoms with Crippen LogP contribution in [0.25, 0.3) is 0 Å². The molecular weight excluding hydrogens is 271 g/mol. The topological polar surface area (TPSA) is 26.3 Å². The summed E-state index contributed by atoms with van der Waals surface area (Å²) in [5.41, 5.74) is -1.92. The number of ether oxygens (including phenoxy) is 1. The van der Waals surface area contributed by atoms with Crippen molar-refractivity contribution in [3.63, 3.8) is 0 Å². The van der Waals surface area contributed by atoms with E-state index in [1.807, 2.05) is 0 Å². The van der Waals surface area contributed by atoms with Crippen LogP contribution in [-0.2, 0) is 12.6 Å². The van der Waals surface area contributed by atoms with Crippen molar-refractivity contribution in [3.8, 4) is 5.75 Å². The van der Waals surface area contributed by atoms with Gasteiger partial charge in [-0.3, -0.25) is 4.79 Å². The van der Waals surface area contributed by atoms with Crippen molar-refractivity contribution in [1.82, 2.24) is 0 Å². The second kappa shape index (κ2) is 5.54. The van der Waals surface area contributed by atoms with Crippen molar-refractivity contribution < 1.29 is 31.5 Å². The van der Waals surface area contributed by atoms with Crippen molar-refractivity contribution in [2.45, 2.75) is 33.1 Å². The lowest BCUT2D eigenvalue weighted by Crippen LogP contribution is -2.17.